The normalized spacial score (nSPS) is 11.3. The predicted octanol–water partition coefficient (Wildman–Crippen LogP) is 1.49. The van der Waals surface area contributed by atoms with Crippen LogP contribution in [-0.2, 0) is 20.1 Å². The molecule has 0 spiro atoms. The van der Waals surface area contributed by atoms with Gasteiger partial charge in [0.15, 0.2) is 0 Å². The molecule has 0 radical (unpaired) electrons. The van der Waals surface area contributed by atoms with Crippen molar-refractivity contribution in [1.82, 2.24) is 24.9 Å². The number of nitrogens with one attached hydrogen (secondary N) is 1. The van der Waals surface area contributed by atoms with Crippen molar-refractivity contribution in [3.05, 3.63) is 35.9 Å². The minimum Gasteiger partial charge on any atom is -0.306 e. The Kier molecular flexibility index (Phi) is 3.58. The molecule has 0 atom stereocenters. The second kappa shape index (κ2) is 5.14. The van der Waals surface area contributed by atoms with Gasteiger partial charge in [0, 0.05) is 38.6 Å². The van der Waals surface area contributed by atoms with Gasteiger partial charge >= 0.3 is 0 Å². The molecular weight excluding hydrogens is 214 g/mol. The molecule has 0 unspecified atom stereocenters. The van der Waals surface area contributed by atoms with Crippen LogP contribution >= 0.6 is 0 Å². The van der Waals surface area contributed by atoms with E-state index < -0.39 is 0 Å². The highest BCUT2D eigenvalue weighted by molar-refractivity contribution is 5.03. The standard InChI is InChI=1S/C12H19N5/c1-10(2)17-12(5-7-15-17)9-13-8-11-4-6-14-16(11)3/h4-7,10,13H,8-9H2,1-3H3. The van der Waals surface area contributed by atoms with E-state index in [9.17, 15) is 0 Å². The van der Waals surface area contributed by atoms with Crippen LogP contribution in [0.3, 0.4) is 0 Å². The van der Waals surface area contributed by atoms with Crippen molar-refractivity contribution in [3.63, 3.8) is 0 Å². The lowest BCUT2D eigenvalue weighted by Crippen LogP contribution is -2.18. The first-order valence-corrected chi connectivity index (χ1v) is 5.88. The second-order valence-corrected chi connectivity index (χ2v) is 4.41. The van der Waals surface area contributed by atoms with Crippen LogP contribution in [0.1, 0.15) is 31.3 Å². The summed E-state index contributed by atoms with van der Waals surface area (Å²) in [6.07, 6.45) is 3.66. The first-order valence-electron chi connectivity index (χ1n) is 5.88. The SMILES string of the molecule is CC(C)n1nccc1CNCc1ccnn1C. The summed E-state index contributed by atoms with van der Waals surface area (Å²) in [4.78, 5) is 0. The Bertz CT molecular complexity index is 469. The lowest BCUT2D eigenvalue weighted by Gasteiger charge is -2.11. The zero-order valence-corrected chi connectivity index (χ0v) is 10.6. The number of aryl methyl sites for hydroxylation is 1. The van der Waals surface area contributed by atoms with Crippen molar-refractivity contribution in [3.8, 4) is 0 Å². The zero-order valence-electron chi connectivity index (χ0n) is 10.6. The van der Waals surface area contributed by atoms with Crippen molar-refractivity contribution in [1.29, 1.82) is 0 Å². The van der Waals surface area contributed by atoms with Crippen LogP contribution in [0.2, 0.25) is 0 Å². The van der Waals surface area contributed by atoms with Crippen molar-refractivity contribution >= 4 is 0 Å². The van der Waals surface area contributed by atoms with Crippen molar-refractivity contribution in [2.45, 2.75) is 33.0 Å². The lowest BCUT2D eigenvalue weighted by molar-refractivity contribution is 0.492. The van der Waals surface area contributed by atoms with Crippen LogP contribution in [0.15, 0.2) is 24.5 Å². The van der Waals surface area contributed by atoms with Gasteiger partial charge in [-0.2, -0.15) is 10.2 Å². The quantitative estimate of drug-likeness (QED) is 0.851. The molecule has 0 saturated carbocycles. The number of rotatable bonds is 5. The first kappa shape index (κ1) is 11.9. The maximum absolute atomic E-state index is 4.31. The van der Waals surface area contributed by atoms with E-state index >= 15 is 0 Å². The van der Waals surface area contributed by atoms with Crippen LogP contribution in [-0.4, -0.2) is 19.6 Å². The van der Waals surface area contributed by atoms with Crippen LogP contribution in [0.5, 0.6) is 0 Å². The van der Waals surface area contributed by atoms with Gasteiger partial charge in [-0.1, -0.05) is 0 Å². The molecule has 0 amide bonds. The maximum atomic E-state index is 4.31. The van der Waals surface area contributed by atoms with Crippen molar-refractivity contribution in [2.24, 2.45) is 7.05 Å². The van der Waals surface area contributed by atoms with E-state index in [4.69, 9.17) is 0 Å². The summed E-state index contributed by atoms with van der Waals surface area (Å²) < 4.78 is 3.92. The third-order valence-electron chi connectivity index (χ3n) is 2.78. The second-order valence-electron chi connectivity index (χ2n) is 4.41. The Morgan fingerprint density at radius 1 is 1.12 bits per heavy atom. The first-order chi connectivity index (χ1) is 8.18. The third-order valence-corrected chi connectivity index (χ3v) is 2.78. The van der Waals surface area contributed by atoms with Gasteiger partial charge < -0.3 is 5.32 Å². The minimum absolute atomic E-state index is 0.401. The van der Waals surface area contributed by atoms with E-state index in [1.165, 1.54) is 11.4 Å². The van der Waals surface area contributed by atoms with E-state index in [2.05, 4.69) is 35.4 Å². The minimum atomic E-state index is 0.401. The Hall–Kier alpha value is -1.62. The molecule has 2 heterocycles. The molecule has 0 aliphatic rings. The summed E-state index contributed by atoms with van der Waals surface area (Å²) in [6, 6.07) is 4.47. The molecule has 2 rings (SSSR count). The molecule has 0 aliphatic carbocycles. The maximum Gasteiger partial charge on any atom is 0.0525 e. The molecule has 0 saturated heterocycles. The largest absolute Gasteiger partial charge is 0.306 e. The fourth-order valence-electron chi connectivity index (χ4n) is 1.84. The molecular formula is C12H19N5. The highest BCUT2D eigenvalue weighted by Crippen LogP contribution is 2.07. The van der Waals surface area contributed by atoms with E-state index in [0.717, 1.165) is 13.1 Å². The molecule has 1 N–H and O–H groups in total. The zero-order chi connectivity index (χ0) is 12.3. The fraction of sp³-hybridized carbons (Fsp3) is 0.500. The van der Waals surface area contributed by atoms with Crippen LogP contribution in [0.4, 0.5) is 0 Å². The van der Waals surface area contributed by atoms with Gasteiger partial charge in [0.05, 0.1) is 11.4 Å². The molecule has 5 heteroatoms. The van der Waals surface area contributed by atoms with Crippen molar-refractivity contribution in [2.75, 3.05) is 0 Å². The number of hydrogen-bond donors (Lipinski definition) is 1. The summed E-state index contributed by atoms with van der Waals surface area (Å²) in [5, 5.41) is 11.8. The lowest BCUT2D eigenvalue weighted by atomic mass is 10.3. The Morgan fingerprint density at radius 2 is 1.76 bits per heavy atom. The summed E-state index contributed by atoms with van der Waals surface area (Å²) in [6.45, 7) is 5.92. The summed E-state index contributed by atoms with van der Waals surface area (Å²) in [5.74, 6) is 0. The molecule has 2 aromatic heterocycles. The molecule has 92 valence electrons. The van der Waals surface area contributed by atoms with E-state index in [0.29, 0.717) is 6.04 Å². The van der Waals surface area contributed by atoms with Crippen molar-refractivity contribution < 1.29 is 0 Å². The topological polar surface area (TPSA) is 47.7 Å². The van der Waals surface area contributed by atoms with Gasteiger partial charge in [-0.05, 0) is 26.0 Å². The summed E-state index contributed by atoms with van der Waals surface area (Å²) in [5.41, 5.74) is 2.39. The van der Waals surface area contributed by atoms with Gasteiger partial charge in [-0.3, -0.25) is 9.36 Å². The number of aromatic nitrogens is 4. The Balaban J connectivity index is 1.90. The number of nitrogens with zero attached hydrogens (tertiary/aromatic N) is 4. The van der Waals surface area contributed by atoms with Gasteiger partial charge in [-0.15, -0.1) is 0 Å². The monoisotopic (exact) mass is 233 g/mol. The highest BCUT2D eigenvalue weighted by atomic mass is 15.3. The molecule has 0 aliphatic heterocycles. The highest BCUT2D eigenvalue weighted by Gasteiger charge is 2.05. The fourth-order valence-corrected chi connectivity index (χ4v) is 1.84. The van der Waals surface area contributed by atoms with Crippen LogP contribution in [0, 0.1) is 0 Å². The van der Waals surface area contributed by atoms with Gasteiger partial charge in [0.2, 0.25) is 0 Å². The molecule has 17 heavy (non-hydrogen) atoms. The predicted molar refractivity (Wildman–Crippen MR) is 66.4 cm³/mol. The summed E-state index contributed by atoms with van der Waals surface area (Å²) >= 11 is 0. The Labute approximate surface area is 101 Å². The molecule has 0 bridgehead atoms. The van der Waals surface area contributed by atoms with Crippen LogP contribution in [0.25, 0.3) is 0 Å². The van der Waals surface area contributed by atoms with Gasteiger partial charge in [0.1, 0.15) is 0 Å². The van der Waals surface area contributed by atoms with Crippen LogP contribution < -0.4 is 5.32 Å². The average molecular weight is 233 g/mol. The summed E-state index contributed by atoms with van der Waals surface area (Å²) in [7, 11) is 1.95. The molecule has 0 fully saturated rings. The number of hydrogen-bond acceptors (Lipinski definition) is 3. The Morgan fingerprint density at radius 3 is 2.41 bits per heavy atom. The van der Waals surface area contributed by atoms with E-state index in [-0.39, 0.29) is 0 Å². The molecule has 5 nitrogen and oxygen atoms in total. The molecule has 2 aromatic rings. The molecule has 0 aromatic carbocycles. The third kappa shape index (κ3) is 2.74. The van der Waals surface area contributed by atoms with E-state index in [1.807, 2.05) is 34.9 Å². The van der Waals surface area contributed by atoms with Gasteiger partial charge in [0.25, 0.3) is 0 Å². The average Bonchev–Trinajstić information content (AvgIpc) is 2.88. The van der Waals surface area contributed by atoms with E-state index in [1.54, 1.807) is 0 Å². The smallest absolute Gasteiger partial charge is 0.0525 e. The van der Waals surface area contributed by atoms with Gasteiger partial charge in [-0.25, -0.2) is 0 Å².